The van der Waals surface area contributed by atoms with Crippen LogP contribution in [0.15, 0.2) is 38.6 Å². The van der Waals surface area contributed by atoms with Gasteiger partial charge in [0.25, 0.3) is 5.91 Å². The van der Waals surface area contributed by atoms with Gasteiger partial charge in [0.15, 0.2) is 0 Å². The van der Waals surface area contributed by atoms with E-state index in [1.165, 1.54) is 0 Å². The lowest BCUT2D eigenvalue weighted by Gasteiger charge is -2.18. The van der Waals surface area contributed by atoms with Crippen molar-refractivity contribution in [1.29, 1.82) is 0 Å². The first-order valence-corrected chi connectivity index (χ1v) is 12.0. The molecule has 0 N–H and O–H groups in total. The quantitative estimate of drug-likeness (QED) is 0.450. The summed E-state index contributed by atoms with van der Waals surface area (Å²) in [6, 6.07) is 7.72. The topological polar surface area (TPSA) is 124 Å². The lowest BCUT2D eigenvalue weighted by atomic mass is 10.1. The summed E-state index contributed by atoms with van der Waals surface area (Å²) < 4.78 is 18.4. The predicted molar refractivity (Wildman–Crippen MR) is 127 cm³/mol. The molecule has 0 aliphatic carbocycles. The zero-order valence-electron chi connectivity index (χ0n) is 20.3. The second-order valence-corrected chi connectivity index (χ2v) is 8.89. The fourth-order valence-electron chi connectivity index (χ4n) is 3.75. The van der Waals surface area contributed by atoms with Gasteiger partial charge in [-0.1, -0.05) is 17.7 Å². The van der Waals surface area contributed by atoms with Crippen molar-refractivity contribution in [2.75, 3.05) is 32.9 Å². The summed E-state index contributed by atoms with van der Waals surface area (Å²) in [7, 11) is 0. The van der Waals surface area contributed by atoms with Crippen LogP contribution in [0.2, 0.25) is 0 Å². The third-order valence-electron chi connectivity index (χ3n) is 6.07. The van der Waals surface area contributed by atoms with Gasteiger partial charge in [-0.15, -0.1) is 0 Å². The van der Waals surface area contributed by atoms with Crippen LogP contribution in [-0.2, 0) is 33.8 Å². The summed E-state index contributed by atoms with van der Waals surface area (Å²) in [6.07, 6.45) is -0.363. The van der Waals surface area contributed by atoms with Crippen LogP contribution < -0.4 is 17.1 Å². The summed E-state index contributed by atoms with van der Waals surface area (Å²) >= 11 is 0. The molecule has 1 aromatic carbocycles. The van der Waals surface area contributed by atoms with E-state index in [1.54, 1.807) is 0 Å². The van der Waals surface area contributed by atoms with E-state index >= 15 is 0 Å². The Morgan fingerprint density at radius 1 is 0.829 bits per heavy atom. The van der Waals surface area contributed by atoms with E-state index in [9.17, 15) is 19.2 Å². The molecule has 3 unspecified atom stereocenters. The molecule has 3 saturated heterocycles. The summed E-state index contributed by atoms with van der Waals surface area (Å²) in [5.74, 6) is 0.124. The van der Waals surface area contributed by atoms with Gasteiger partial charge in [0, 0.05) is 18.7 Å². The number of carbonyl (C=O) groups excluding carboxylic acids is 1. The van der Waals surface area contributed by atoms with Gasteiger partial charge in [-0.25, -0.2) is 28.1 Å². The van der Waals surface area contributed by atoms with Crippen LogP contribution in [0.1, 0.15) is 29.8 Å². The molecule has 3 aliphatic rings. The monoisotopic (exact) mass is 488 g/mol. The third-order valence-corrected chi connectivity index (χ3v) is 6.07. The normalized spacial score (nSPS) is 21.6. The number of aromatic nitrogens is 3. The standard InChI is InChI=1S/C12H15N3O6.C12H17NO/c16-10-13(1-7-4-19-7)11(17)15(3-9-6-21-9)12(18)14(10)2-8-5-20-8;1-4-13(5-2)12(14)11-8-6-7-10(3)9-11/h7-9H,1-6H2;6-9H,4-5H2,1-3H3. The number of hydrogen-bond acceptors (Lipinski definition) is 7. The first-order valence-electron chi connectivity index (χ1n) is 12.0. The van der Waals surface area contributed by atoms with Gasteiger partial charge >= 0.3 is 17.1 Å². The highest BCUT2D eigenvalue weighted by molar-refractivity contribution is 5.94. The zero-order valence-corrected chi connectivity index (χ0v) is 20.3. The first kappa shape index (κ1) is 25.1. The van der Waals surface area contributed by atoms with Crippen LogP contribution in [0.5, 0.6) is 0 Å². The highest BCUT2D eigenvalue weighted by Crippen LogP contribution is 2.12. The molecular formula is C24H32N4O7. The second kappa shape index (κ2) is 10.7. The van der Waals surface area contributed by atoms with Gasteiger partial charge in [0.2, 0.25) is 0 Å². The lowest BCUT2D eigenvalue weighted by Crippen LogP contribution is -2.55. The Bertz CT molecular complexity index is 1100. The molecule has 11 nitrogen and oxygen atoms in total. The van der Waals surface area contributed by atoms with E-state index in [2.05, 4.69) is 0 Å². The average Bonchev–Trinajstić information content (AvgIpc) is 3.69. The summed E-state index contributed by atoms with van der Waals surface area (Å²) in [5.41, 5.74) is 0.133. The Hall–Kier alpha value is -3.02. The van der Waals surface area contributed by atoms with Crippen LogP contribution >= 0.6 is 0 Å². The Morgan fingerprint density at radius 2 is 1.23 bits per heavy atom. The number of nitrogens with zero attached hydrogens (tertiary/aromatic N) is 4. The molecule has 5 rings (SSSR count). The minimum absolute atomic E-state index is 0.121. The molecule has 4 heterocycles. The van der Waals surface area contributed by atoms with Crippen LogP contribution in [0, 0.1) is 6.92 Å². The predicted octanol–water partition coefficient (Wildman–Crippen LogP) is -0.155. The van der Waals surface area contributed by atoms with Crippen molar-refractivity contribution in [3.63, 3.8) is 0 Å². The summed E-state index contributed by atoms with van der Waals surface area (Å²) in [4.78, 5) is 50.8. The average molecular weight is 489 g/mol. The Labute approximate surface area is 202 Å². The number of benzene rings is 1. The molecule has 3 fully saturated rings. The fraction of sp³-hybridized carbons (Fsp3) is 0.583. The molecule has 0 radical (unpaired) electrons. The van der Waals surface area contributed by atoms with Crippen molar-refractivity contribution in [2.24, 2.45) is 0 Å². The third kappa shape index (κ3) is 6.36. The van der Waals surface area contributed by atoms with Crippen molar-refractivity contribution in [1.82, 2.24) is 18.6 Å². The molecular weight excluding hydrogens is 456 g/mol. The minimum atomic E-state index is -0.594. The molecule has 190 valence electrons. The van der Waals surface area contributed by atoms with Crippen LogP contribution in [0.3, 0.4) is 0 Å². The van der Waals surface area contributed by atoms with E-state index in [-0.39, 0.29) is 43.9 Å². The SMILES string of the molecule is CCN(CC)C(=O)c1cccc(C)c1.O=c1n(CC2CO2)c(=O)n(CC2CO2)c(=O)n1CC1CO1. The maximum absolute atomic E-state index is 12.4. The zero-order chi connectivity index (χ0) is 25.1. The molecule has 2 aromatic rings. The summed E-state index contributed by atoms with van der Waals surface area (Å²) in [5, 5.41) is 0. The Balaban J connectivity index is 0.000000181. The van der Waals surface area contributed by atoms with Crippen molar-refractivity contribution < 1.29 is 19.0 Å². The molecule has 0 saturated carbocycles. The molecule has 0 bridgehead atoms. The van der Waals surface area contributed by atoms with Gasteiger partial charge in [0.05, 0.1) is 57.8 Å². The number of epoxide rings is 3. The van der Waals surface area contributed by atoms with Crippen LogP contribution in [0.25, 0.3) is 0 Å². The van der Waals surface area contributed by atoms with E-state index in [0.717, 1.165) is 37.9 Å². The van der Waals surface area contributed by atoms with E-state index in [1.807, 2.05) is 49.9 Å². The van der Waals surface area contributed by atoms with Gasteiger partial charge in [-0.05, 0) is 32.9 Å². The van der Waals surface area contributed by atoms with Crippen LogP contribution in [-0.4, -0.2) is 75.7 Å². The Kier molecular flexibility index (Phi) is 7.68. The lowest BCUT2D eigenvalue weighted by molar-refractivity contribution is 0.0773. The molecule has 3 aliphatic heterocycles. The van der Waals surface area contributed by atoms with Crippen molar-refractivity contribution >= 4 is 5.91 Å². The van der Waals surface area contributed by atoms with Gasteiger partial charge in [0.1, 0.15) is 0 Å². The summed E-state index contributed by atoms with van der Waals surface area (Å²) in [6.45, 7) is 9.65. The molecule has 3 atom stereocenters. The van der Waals surface area contributed by atoms with E-state index in [4.69, 9.17) is 14.2 Å². The number of rotatable bonds is 9. The molecule has 11 heteroatoms. The Morgan fingerprint density at radius 3 is 1.54 bits per heavy atom. The van der Waals surface area contributed by atoms with Crippen molar-refractivity contribution in [3.05, 3.63) is 66.8 Å². The molecule has 0 spiro atoms. The number of carbonyl (C=O) groups is 1. The fourth-order valence-corrected chi connectivity index (χ4v) is 3.75. The van der Waals surface area contributed by atoms with Crippen molar-refractivity contribution in [2.45, 2.75) is 58.7 Å². The van der Waals surface area contributed by atoms with Gasteiger partial charge in [-0.3, -0.25) is 4.79 Å². The molecule has 1 aromatic heterocycles. The number of aryl methyl sites for hydroxylation is 1. The number of hydrogen-bond donors (Lipinski definition) is 0. The highest BCUT2D eigenvalue weighted by Gasteiger charge is 2.31. The number of amides is 1. The van der Waals surface area contributed by atoms with Crippen molar-refractivity contribution in [3.8, 4) is 0 Å². The molecule has 1 amide bonds. The van der Waals surface area contributed by atoms with Gasteiger partial charge in [-0.2, -0.15) is 0 Å². The van der Waals surface area contributed by atoms with E-state index in [0.29, 0.717) is 19.8 Å². The smallest absolute Gasteiger partial charge is 0.336 e. The van der Waals surface area contributed by atoms with Crippen LogP contribution in [0.4, 0.5) is 0 Å². The first-order chi connectivity index (χ1) is 16.8. The maximum Gasteiger partial charge on any atom is 0.336 e. The minimum Gasteiger partial charge on any atom is -0.371 e. The van der Waals surface area contributed by atoms with Gasteiger partial charge < -0.3 is 19.1 Å². The number of ether oxygens (including phenoxy) is 3. The maximum atomic E-state index is 12.4. The van der Waals surface area contributed by atoms with E-state index < -0.39 is 17.1 Å². The second-order valence-electron chi connectivity index (χ2n) is 8.89. The highest BCUT2D eigenvalue weighted by atomic mass is 16.6. The largest absolute Gasteiger partial charge is 0.371 e. The molecule has 35 heavy (non-hydrogen) atoms.